The van der Waals surface area contributed by atoms with Crippen molar-refractivity contribution >= 4 is 23.3 Å². The number of Topliss-reactive ketones (excluding diaryl/α,β-unsaturated/α-hetero) is 1. The molecule has 1 amide bonds. The number of benzene rings is 1. The zero-order valence-electron chi connectivity index (χ0n) is 18.0. The summed E-state index contributed by atoms with van der Waals surface area (Å²) >= 11 is 6.16. The Balaban J connectivity index is 1.62. The van der Waals surface area contributed by atoms with Gasteiger partial charge in [0.1, 0.15) is 0 Å². The molecule has 3 rings (SSSR count). The molecule has 1 fully saturated rings. The molecule has 5 nitrogen and oxygen atoms in total. The van der Waals surface area contributed by atoms with Crippen LogP contribution < -0.4 is 0 Å². The normalized spacial score (nSPS) is 15.6. The molecule has 2 heterocycles. The molecule has 29 heavy (non-hydrogen) atoms. The molecule has 1 aliphatic heterocycles. The van der Waals surface area contributed by atoms with Gasteiger partial charge in [-0.1, -0.05) is 23.7 Å². The summed E-state index contributed by atoms with van der Waals surface area (Å²) in [6.07, 6.45) is 0. The monoisotopic (exact) mass is 415 g/mol. The third-order valence-corrected chi connectivity index (χ3v) is 5.86. The van der Waals surface area contributed by atoms with E-state index in [4.69, 9.17) is 11.6 Å². The highest BCUT2D eigenvalue weighted by molar-refractivity contribution is 6.33. The molecular weight excluding hydrogens is 386 g/mol. The lowest BCUT2D eigenvalue weighted by atomic mass is 10.1. The van der Waals surface area contributed by atoms with Gasteiger partial charge >= 0.3 is 0 Å². The first-order valence-corrected chi connectivity index (χ1v) is 10.5. The summed E-state index contributed by atoms with van der Waals surface area (Å²) in [5.74, 6) is 0.0924. The Kier molecular flexibility index (Phi) is 6.20. The van der Waals surface area contributed by atoms with Crippen LogP contribution in [0.2, 0.25) is 5.02 Å². The van der Waals surface area contributed by atoms with Crippen molar-refractivity contribution in [3.05, 3.63) is 57.9 Å². The van der Waals surface area contributed by atoms with Gasteiger partial charge in [-0.3, -0.25) is 14.5 Å². The van der Waals surface area contributed by atoms with Crippen LogP contribution in [0.4, 0.5) is 0 Å². The van der Waals surface area contributed by atoms with Crippen molar-refractivity contribution in [2.75, 3.05) is 32.7 Å². The third-order valence-electron chi connectivity index (χ3n) is 5.53. The maximum Gasteiger partial charge on any atom is 0.255 e. The molecule has 0 bridgehead atoms. The Labute approximate surface area is 178 Å². The Morgan fingerprint density at radius 1 is 1.00 bits per heavy atom. The lowest BCUT2D eigenvalue weighted by molar-refractivity contribution is 0.0624. The van der Waals surface area contributed by atoms with Crippen LogP contribution in [0.1, 0.15) is 52.9 Å². The summed E-state index contributed by atoms with van der Waals surface area (Å²) in [5.41, 5.74) is 3.40. The van der Waals surface area contributed by atoms with Gasteiger partial charge in [0.15, 0.2) is 5.78 Å². The predicted octanol–water partition coefficient (Wildman–Crippen LogP) is 4.15. The van der Waals surface area contributed by atoms with Gasteiger partial charge in [-0.15, -0.1) is 0 Å². The van der Waals surface area contributed by atoms with E-state index in [0.717, 1.165) is 17.0 Å². The number of aromatic nitrogens is 1. The molecule has 0 spiro atoms. The van der Waals surface area contributed by atoms with Gasteiger partial charge in [-0.2, -0.15) is 0 Å². The van der Waals surface area contributed by atoms with E-state index in [1.807, 2.05) is 36.9 Å². The van der Waals surface area contributed by atoms with E-state index in [1.165, 1.54) is 0 Å². The van der Waals surface area contributed by atoms with Gasteiger partial charge in [-0.25, -0.2) is 0 Å². The second-order valence-electron chi connectivity index (χ2n) is 8.76. The predicted molar refractivity (Wildman–Crippen MR) is 117 cm³/mol. The SMILES string of the molecule is Cc1cc(C(=O)CN2CCN(C(=O)c3ccccc3Cl)CC2)c(C)n1C(C)(C)C. The highest BCUT2D eigenvalue weighted by Gasteiger charge is 2.27. The molecular formula is C23H30ClN3O2. The molecule has 2 aromatic rings. The van der Waals surface area contributed by atoms with E-state index in [2.05, 4.69) is 30.2 Å². The van der Waals surface area contributed by atoms with Crippen molar-refractivity contribution in [2.24, 2.45) is 0 Å². The van der Waals surface area contributed by atoms with Crippen LogP contribution in [0, 0.1) is 13.8 Å². The number of hydrogen-bond acceptors (Lipinski definition) is 3. The average Bonchev–Trinajstić information content (AvgIpc) is 2.96. The molecule has 1 saturated heterocycles. The van der Waals surface area contributed by atoms with Gasteiger partial charge in [-0.05, 0) is 52.8 Å². The molecule has 1 aromatic heterocycles. The number of aryl methyl sites for hydroxylation is 1. The fourth-order valence-corrected chi connectivity index (χ4v) is 4.50. The van der Waals surface area contributed by atoms with E-state index in [9.17, 15) is 9.59 Å². The molecule has 156 valence electrons. The Morgan fingerprint density at radius 3 is 2.17 bits per heavy atom. The Hall–Kier alpha value is -2.11. The summed E-state index contributed by atoms with van der Waals surface area (Å²) < 4.78 is 2.22. The third kappa shape index (κ3) is 4.57. The van der Waals surface area contributed by atoms with Crippen LogP contribution in [0.5, 0.6) is 0 Å². The molecule has 0 aliphatic carbocycles. The van der Waals surface area contributed by atoms with E-state index in [1.54, 1.807) is 12.1 Å². The van der Waals surface area contributed by atoms with Crippen LogP contribution in [0.3, 0.4) is 0 Å². The molecule has 0 atom stereocenters. The lowest BCUT2D eigenvalue weighted by Crippen LogP contribution is -2.50. The molecule has 6 heteroatoms. The number of ketones is 1. The first-order valence-electron chi connectivity index (χ1n) is 10.1. The highest BCUT2D eigenvalue weighted by atomic mass is 35.5. The number of halogens is 1. The van der Waals surface area contributed by atoms with Gasteiger partial charge < -0.3 is 9.47 Å². The molecule has 1 aliphatic rings. The van der Waals surface area contributed by atoms with Crippen molar-refractivity contribution in [3.8, 4) is 0 Å². The van der Waals surface area contributed by atoms with E-state index >= 15 is 0 Å². The number of carbonyl (C=O) groups is 2. The van der Waals surface area contributed by atoms with Crippen LogP contribution in [-0.2, 0) is 5.54 Å². The fourth-order valence-electron chi connectivity index (χ4n) is 4.28. The first kappa shape index (κ1) is 21.6. The largest absolute Gasteiger partial charge is 0.343 e. The van der Waals surface area contributed by atoms with Gasteiger partial charge in [0, 0.05) is 48.7 Å². The number of nitrogens with zero attached hydrogens (tertiary/aromatic N) is 3. The highest BCUT2D eigenvalue weighted by Crippen LogP contribution is 2.25. The number of rotatable bonds is 4. The zero-order valence-corrected chi connectivity index (χ0v) is 18.7. The fraction of sp³-hybridized carbons (Fsp3) is 0.478. The van der Waals surface area contributed by atoms with Crippen molar-refractivity contribution in [1.82, 2.24) is 14.4 Å². The summed E-state index contributed by atoms with van der Waals surface area (Å²) in [6.45, 7) is 13.4. The zero-order chi connectivity index (χ0) is 21.3. The summed E-state index contributed by atoms with van der Waals surface area (Å²) in [4.78, 5) is 29.6. The van der Waals surface area contributed by atoms with Crippen LogP contribution in [-0.4, -0.2) is 58.8 Å². The quantitative estimate of drug-likeness (QED) is 0.704. The first-order chi connectivity index (χ1) is 13.6. The van der Waals surface area contributed by atoms with E-state index in [-0.39, 0.29) is 17.2 Å². The van der Waals surface area contributed by atoms with Crippen molar-refractivity contribution in [1.29, 1.82) is 0 Å². The van der Waals surface area contributed by atoms with Gasteiger partial charge in [0.2, 0.25) is 0 Å². The molecule has 1 aromatic carbocycles. The summed E-state index contributed by atoms with van der Waals surface area (Å²) in [7, 11) is 0. The summed E-state index contributed by atoms with van der Waals surface area (Å²) in [6, 6.07) is 9.13. The standard InChI is InChI=1S/C23H30ClN3O2/c1-16-14-19(17(2)27(16)23(3,4)5)21(28)15-25-10-12-26(13-11-25)22(29)18-8-6-7-9-20(18)24/h6-9,14H,10-13,15H2,1-5H3. The number of carbonyl (C=O) groups excluding carboxylic acids is 2. The number of hydrogen-bond donors (Lipinski definition) is 0. The topological polar surface area (TPSA) is 45.6 Å². The van der Waals surface area contributed by atoms with Gasteiger partial charge in [0.05, 0.1) is 17.1 Å². The Morgan fingerprint density at radius 2 is 1.62 bits per heavy atom. The second kappa shape index (κ2) is 8.33. The van der Waals surface area contributed by atoms with E-state index in [0.29, 0.717) is 43.3 Å². The number of amides is 1. The summed E-state index contributed by atoms with van der Waals surface area (Å²) in [5, 5.41) is 0.476. The number of piperazine rings is 1. The molecule has 0 saturated carbocycles. The van der Waals surface area contributed by atoms with Crippen molar-refractivity contribution in [3.63, 3.8) is 0 Å². The van der Waals surface area contributed by atoms with E-state index < -0.39 is 0 Å². The lowest BCUT2D eigenvalue weighted by Gasteiger charge is -2.34. The van der Waals surface area contributed by atoms with Crippen LogP contribution in [0.15, 0.2) is 30.3 Å². The van der Waals surface area contributed by atoms with Gasteiger partial charge in [0.25, 0.3) is 5.91 Å². The minimum atomic E-state index is -0.0581. The smallest absolute Gasteiger partial charge is 0.255 e. The maximum absolute atomic E-state index is 13.0. The van der Waals surface area contributed by atoms with Crippen LogP contribution >= 0.6 is 11.6 Å². The Bertz CT molecular complexity index is 919. The molecule has 0 N–H and O–H groups in total. The average molecular weight is 416 g/mol. The van der Waals surface area contributed by atoms with Crippen molar-refractivity contribution < 1.29 is 9.59 Å². The minimum absolute atomic E-state index is 0.0460. The maximum atomic E-state index is 13.0. The minimum Gasteiger partial charge on any atom is -0.343 e. The second-order valence-corrected chi connectivity index (χ2v) is 9.17. The van der Waals surface area contributed by atoms with Crippen molar-refractivity contribution in [2.45, 2.75) is 40.2 Å². The van der Waals surface area contributed by atoms with Crippen LogP contribution in [0.25, 0.3) is 0 Å². The molecule has 0 radical (unpaired) electrons. The molecule has 0 unspecified atom stereocenters.